The van der Waals surface area contributed by atoms with Gasteiger partial charge in [-0.3, -0.25) is 9.59 Å². The van der Waals surface area contributed by atoms with E-state index in [9.17, 15) is 9.59 Å². The first kappa shape index (κ1) is 23.0. The molecule has 5 heteroatoms. The summed E-state index contributed by atoms with van der Waals surface area (Å²) in [6.07, 6.45) is 6.15. The van der Waals surface area contributed by atoms with Gasteiger partial charge in [-0.2, -0.15) is 11.3 Å². The van der Waals surface area contributed by atoms with Crippen LogP contribution in [-0.2, 0) is 11.2 Å². The largest absolute Gasteiger partial charge is 0.339 e. The van der Waals surface area contributed by atoms with Crippen molar-refractivity contribution in [2.24, 2.45) is 5.92 Å². The van der Waals surface area contributed by atoms with Crippen molar-refractivity contribution in [3.05, 3.63) is 100 Å². The number of hydrogen-bond donors (Lipinski definition) is 0. The molecule has 0 saturated carbocycles. The molecule has 0 N–H and O–H groups in total. The summed E-state index contributed by atoms with van der Waals surface area (Å²) in [4.78, 5) is 29.7. The van der Waals surface area contributed by atoms with Gasteiger partial charge in [0.15, 0.2) is 0 Å². The number of benzene rings is 2. The molecule has 0 radical (unpaired) electrons. The van der Waals surface area contributed by atoms with Gasteiger partial charge in [0.25, 0.3) is 5.91 Å². The SMILES string of the molecule is CN(C(=O)c1ccsc1)[C@H](Cc1ccccc1)C1CCN(C(=O)/C=C/c2ccccc2)CC1. The van der Waals surface area contributed by atoms with Gasteiger partial charge in [0, 0.05) is 37.6 Å². The number of rotatable bonds is 7. The van der Waals surface area contributed by atoms with Crippen LogP contribution in [0.3, 0.4) is 0 Å². The molecule has 170 valence electrons. The Labute approximate surface area is 200 Å². The number of carbonyl (C=O) groups excluding carboxylic acids is 2. The van der Waals surface area contributed by atoms with Gasteiger partial charge in [0.2, 0.25) is 5.91 Å². The van der Waals surface area contributed by atoms with Crippen molar-refractivity contribution in [1.82, 2.24) is 9.80 Å². The fraction of sp³-hybridized carbons (Fsp3) is 0.286. The molecule has 1 fully saturated rings. The minimum absolute atomic E-state index is 0.0552. The van der Waals surface area contributed by atoms with Gasteiger partial charge in [-0.1, -0.05) is 60.7 Å². The maximum Gasteiger partial charge on any atom is 0.254 e. The normalized spacial score (nSPS) is 15.5. The van der Waals surface area contributed by atoms with E-state index in [1.165, 1.54) is 5.56 Å². The fourth-order valence-corrected chi connectivity index (χ4v) is 5.19. The molecule has 3 aromatic rings. The smallest absolute Gasteiger partial charge is 0.254 e. The molecule has 1 aromatic heterocycles. The van der Waals surface area contributed by atoms with E-state index < -0.39 is 0 Å². The topological polar surface area (TPSA) is 40.6 Å². The van der Waals surface area contributed by atoms with Crippen LogP contribution < -0.4 is 0 Å². The summed E-state index contributed by atoms with van der Waals surface area (Å²) in [5.41, 5.74) is 3.01. The average molecular weight is 459 g/mol. The lowest BCUT2D eigenvalue weighted by Crippen LogP contribution is -2.48. The fourth-order valence-electron chi connectivity index (χ4n) is 4.56. The van der Waals surface area contributed by atoms with Crippen LogP contribution in [-0.4, -0.2) is 47.8 Å². The molecule has 4 nitrogen and oxygen atoms in total. The maximum absolute atomic E-state index is 13.1. The average Bonchev–Trinajstić information content (AvgIpc) is 3.41. The van der Waals surface area contributed by atoms with E-state index in [-0.39, 0.29) is 17.9 Å². The summed E-state index contributed by atoms with van der Waals surface area (Å²) >= 11 is 1.54. The van der Waals surface area contributed by atoms with Crippen LogP contribution in [0.2, 0.25) is 0 Å². The van der Waals surface area contributed by atoms with Crippen molar-refractivity contribution in [1.29, 1.82) is 0 Å². The zero-order valence-corrected chi connectivity index (χ0v) is 19.8. The highest BCUT2D eigenvalue weighted by Crippen LogP contribution is 2.28. The Morgan fingerprint density at radius 1 is 1.03 bits per heavy atom. The van der Waals surface area contributed by atoms with E-state index >= 15 is 0 Å². The molecule has 0 spiro atoms. The van der Waals surface area contributed by atoms with E-state index in [1.54, 1.807) is 17.4 Å². The second-order valence-corrected chi connectivity index (χ2v) is 9.37. The molecule has 2 aromatic carbocycles. The first-order chi connectivity index (χ1) is 16.1. The molecule has 2 heterocycles. The van der Waals surface area contributed by atoms with Gasteiger partial charge in [-0.05, 0) is 53.8 Å². The number of likely N-dealkylation sites (N-methyl/N-ethyl adjacent to an activating group) is 1. The summed E-state index contributed by atoms with van der Waals surface area (Å²) in [5, 5.41) is 3.86. The number of carbonyl (C=O) groups is 2. The van der Waals surface area contributed by atoms with Crippen LogP contribution in [0.15, 0.2) is 83.6 Å². The number of piperidine rings is 1. The van der Waals surface area contributed by atoms with E-state index in [4.69, 9.17) is 0 Å². The van der Waals surface area contributed by atoms with Crippen LogP contribution in [0.4, 0.5) is 0 Å². The van der Waals surface area contributed by atoms with Crippen molar-refractivity contribution in [3.8, 4) is 0 Å². The third-order valence-corrected chi connectivity index (χ3v) is 7.17. The van der Waals surface area contributed by atoms with Crippen molar-refractivity contribution in [2.45, 2.75) is 25.3 Å². The Morgan fingerprint density at radius 2 is 1.70 bits per heavy atom. The highest BCUT2D eigenvalue weighted by molar-refractivity contribution is 7.08. The molecule has 1 aliphatic rings. The number of nitrogens with zero attached hydrogens (tertiary/aromatic N) is 2. The first-order valence-corrected chi connectivity index (χ1v) is 12.4. The van der Waals surface area contributed by atoms with Crippen molar-refractivity contribution in [3.63, 3.8) is 0 Å². The van der Waals surface area contributed by atoms with Gasteiger partial charge in [-0.15, -0.1) is 0 Å². The molecule has 2 amide bonds. The highest BCUT2D eigenvalue weighted by Gasteiger charge is 2.32. The quantitative estimate of drug-likeness (QED) is 0.446. The minimum atomic E-state index is 0.0552. The van der Waals surface area contributed by atoms with E-state index in [2.05, 4.69) is 12.1 Å². The zero-order valence-electron chi connectivity index (χ0n) is 19.0. The van der Waals surface area contributed by atoms with Gasteiger partial charge < -0.3 is 9.80 Å². The van der Waals surface area contributed by atoms with Gasteiger partial charge in [0.1, 0.15) is 0 Å². The molecule has 0 aliphatic carbocycles. The molecule has 0 bridgehead atoms. The van der Waals surface area contributed by atoms with E-state index in [1.807, 2.05) is 88.3 Å². The van der Waals surface area contributed by atoms with Crippen molar-refractivity contribution >= 4 is 29.2 Å². The molecular weight excluding hydrogens is 428 g/mol. The molecule has 1 saturated heterocycles. The first-order valence-electron chi connectivity index (χ1n) is 11.5. The Bertz CT molecular complexity index is 1060. The van der Waals surface area contributed by atoms with Crippen LogP contribution in [0.1, 0.15) is 34.3 Å². The monoisotopic (exact) mass is 458 g/mol. The molecular formula is C28H30N2O2S. The Morgan fingerprint density at radius 3 is 2.33 bits per heavy atom. The van der Waals surface area contributed by atoms with Crippen LogP contribution in [0.25, 0.3) is 6.08 Å². The van der Waals surface area contributed by atoms with Crippen molar-refractivity contribution < 1.29 is 9.59 Å². The van der Waals surface area contributed by atoms with Gasteiger partial charge in [0.05, 0.1) is 5.56 Å². The summed E-state index contributed by atoms with van der Waals surface area (Å²) in [5.74, 6) is 0.473. The second kappa shape index (κ2) is 11.1. The predicted octanol–water partition coefficient (Wildman–Crippen LogP) is 5.38. The van der Waals surface area contributed by atoms with E-state index in [0.29, 0.717) is 19.0 Å². The summed E-state index contributed by atoms with van der Waals surface area (Å²) in [7, 11) is 1.92. The molecule has 1 atom stereocenters. The molecule has 0 unspecified atom stereocenters. The number of hydrogen-bond acceptors (Lipinski definition) is 3. The van der Waals surface area contributed by atoms with Crippen LogP contribution in [0, 0.1) is 5.92 Å². The highest BCUT2D eigenvalue weighted by atomic mass is 32.1. The predicted molar refractivity (Wildman–Crippen MR) is 135 cm³/mol. The zero-order chi connectivity index (χ0) is 23.0. The summed E-state index contributed by atoms with van der Waals surface area (Å²) in [6.45, 7) is 1.43. The summed E-state index contributed by atoms with van der Waals surface area (Å²) < 4.78 is 0. The Balaban J connectivity index is 1.43. The van der Waals surface area contributed by atoms with Crippen molar-refractivity contribution in [2.75, 3.05) is 20.1 Å². The molecule has 1 aliphatic heterocycles. The van der Waals surface area contributed by atoms with E-state index in [0.717, 1.165) is 30.4 Å². The van der Waals surface area contributed by atoms with Gasteiger partial charge >= 0.3 is 0 Å². The third kappa shape index (κ3) is 5.99. The number of likely N-dealkylation sites (tertiary alicyclic amines) is 1. The number of thiophene rings is 1. The van der Waals surface area contributed by atoms with Crippen LogP contribution in [0.5, 0.6) is 0 Å². The molecule has 33 heavy (non-hydrogen) atoms. The second-order valence-electron chi connectivity index (χ2n) is 8.59. The lowest BCUT2D eigenvalue weighted by Gasteiger charge is -2.40. The summed E-state index contributed by atoms with van der Waals surface area (Å²) in [6, 6.07) is 22.2. The number of amides is 2. The van der Waals surface area contributed by atoms with Crippen LogP contribution >= 0.6 is 11.3 Å². The lowest BCUT2D eigenvalue weighted by atomic mass is 9.84. The van der Waals surface area contributed by atoms with Gasteiger partial charge in [-0.25, -0.2) is 0 Å². The Kier molecular flexibility index (Phi) is 7.74. The maximum atomic E-state index is 13.1. The lowest BCUT2D eigenvalue weighted by molar-refractivity contribution is -0.127. The third-order valence-electron chi connectivity index (χ3n) is 6.49. The minimum Gasteiger partial charge on any atom is -0.339 e. The standard InChI is InChI=1S/C28H30N2O2S/c1-29(28(32)25-16-19-33-21-25)26(20-23-10-6-3-7-11-23)24-14-17-30(18-15-24)27(31)13-12-22-8-4-2-5-9-22/h2-13,16,19,21,24,26H,14-15,17-18,20H2,1H3/b13-12+/t26-/m1/s1. The Hall–Kier alpha value is -3.18. The molecule has 4 rings (SSSR count).